The standard InChI is InChI=1S/C23H24FN3O2/c24-19-9-4-10-20(16-19)27-22(28)17-21(23(27)29)26-14-12-25(13-15-26)11-5-8-18-6-2-1-3-7-18/h1-10,16,21H,11-15,17H2/b8-5+/t21-/m1/s1. The van der Waals surface area contributed by atoms with Crippen molar-refractivity contribution in [3.63, 3.8) is 0 Å². The molecule has 150 valence electrons. The van der Waals surface area contributed by atoms with Crippen LogP contribution in [0.5, 0.6) is 0 Å². The fourth-order valence-electron chi connectivity index (χ4n) is 3.95. The van der Waals surface area contributed by atoms with E-state index in [9.17, 15) is 14.0 Å². The van der Waals surface area contributed by atoms with Gasteiger partial charge < -0.3 is 0 Å². The summed E-state index contributed by atoms with van der Waals surface area (Å²) in [5.41, 5.74) is 1.49. The molecule has 0 aromatic heterocycles. The number of halogens is 1. The summed E-state index contributed by atoms with van der Waals surface area (Å²) >= 11 is 0. The Hall–Kier alpha value is -2.83. The van der Waals surface area contributed by atoms with Gasteiger partial charge in [0.05, 0.1) is 18.2 Å². The van der Waals surface area contributed by atoms with Crippen LogP contribution in [0.3, 0.4) is 0 Å². The quantitative estimate of drug-likeness (QED) is 0.733. The number of imide groups is 1. The van der Waals surface area contributed by atoms with Crippen molar-refractivity contribution in [1.82, 2.24) is 9.80 Å². The van der Waals surface area contributed by atoms with E-state index in [-0.39, 0.29) is 18.2 Å². The van der Waals surface area contributed by atoms with Crippen molar-refractivity contribution < 1.29 is 14.0 Å². The summed E-state index contributed by atoms with van der Waals surface area (Å²) in [5.74, 6) is -0.972. The van der Waals surface area contributed by atoms with Gasteiger partial charge in [-0.05, 0) is 23.8 Å². The Labute approximate surface area is 170 Å². The smallest absolute Gasteiger partial charge is 0.251 e. The van der Waals surface area contributed by atoms with Crippen LogP contribution in [-0.2, 0) is 9.59 Å². The molecule has 2 aromatic rings. The minimum atomic E-state index is -0.455. The minimum Gasteiger partial charge on any atom is -0.297 e. The van der Waals surface area contributed by atoms with Crippen LogP contribution < -0.4 is 4.90 Å². The second-order valence-corrected chi connectivity index (χ2v) is 7.42. The number of carbonyl (C=O) groups is 2. The second-order valence-electron chi connectivity index (χ2n) is 7.42. The van der Waals surface area contributed by atoms with E-state index in [1.807, 2.05) is 18.2 Å². The number of nitrogens with zero attached hydrogens (tertiary/aromatic N) is 3. The number of carbonyl (C=O) groups excluding carboxylic acids is 2. The summed E-state index contributed by atoms with van der Waals surface area (Å²) in [4.78, 5) is 30.8. The van der Waals surface area contributed by atoms with Gasteiger partial charge in [-0.25, -0.2) is 9.29 Å². The van der Waals surface area contributed by atoms with Crippen molar-refractivity contribution in [2.45, 2.75) is 12.5 Å². The number of hydrogen-bond donors (Lipinski definition) is 0. The monoisotopic (exact) mass is 393 g/mol. The Morgan fingerprint density at radius 1 is 0.966 bits per heavy atom. The summed E-state index contributed by atoms with van der Waals surface area (Å²) in [7, 11) is 0. The maximum Gasteiger partial charge on any atom is 0.251 e. The molecule has 2 aliphatic rings. The molecular formula is C23H24FN3O2. The zero-order chi connectivity index (χ0) is 20.2. The van der Waals surface area contributed by atoms with Gasteiger partial charge in [-0.2, -0.15) is 0 Å². The molecular weight excluding hydrogens is 369 g/mol. The first-order chi connectivity index (χ1) is 14.1. The molecule has 6 heteroatoms. The van der Waals surface area contributed by atoms with E-state index in [0.717, 1.165) is 37.6 Å². The molecule has 2 heterocycles. The van der Waals surface area contributed by atoms with Crippen LogP contribution in [0.1, 0.15) is 12.0 Å². The van der Waals surface area contributed by atoms with E-state index in [0.29, 0.717) is 5.69 Å². The first-order valence-corrected chi connectivity index (χ1v) is 9.92. The molecule has 2 amide bonds. The van der Waals surface area contributed by atoms with E-state index in [4.69, 9.17) is 0 Å². The van der Waals surface area contributed by atoms with Crippen LogP contribution in [0.4, 0.5) is 10.1 Å². The van der Waals surface area contributed by atoms with Crippen molar-refractivity contribution in [1.29, 1.82) is 0 Å². The van der Waals surface area contributed by atoms with Gasteiger partial charge in [-0.1, -0.05) is 48.6 Å². The van der Waals surface area contributed by atoms with Crippen molar-refractivity contribution in [3.05, 3.63) is 72.1 Å². The van der Waals surface area contributed by atoms with Gasteiger partial charge in [0.2, 0.25) is 5.91 Å². The fraction of sp³-hybridized carbons (Fsp3) is 0.304. The number of hydrogen-bond acceptors (Lipinski definition) is 4. The van der Waals surface area contributed by atoms with Crippen molar-refractivity contribution in [2.24, 2.45) is 0 Å². The van der Waals surface area contributed by atoms with Crippen molar-refractivity contribution in [3.8, 4) is 0 Å². The first kappa shape index (κ1) is 19.5. The molecule has 29 heavy (non-hydrogen) atoms. The largest absolute Gasteiger partial charge is 0.297 e. The molecule has 0 radical (unpaired) electrons. The molecule has 0 bridgehead atoms. The molecule has 2 aromatic carbocycles. The maximum absolute atomic E-state index is 13.5. The molecule has 0 spiro atoms. The lowest BCUT2D eigenvalue weighted by Crippen LogP contribution is -2.52. The molecule has 2 fully saturated rings. The average Bonchev–Trinajstić information content (AvgIpc) is 3.03. The van der Waals surface area contributed by atoms with Crippen LogP contribution in [0.25, 0.3) is 6.08 Å². The van der Waals surface area contributed by atoms with Crippen LogP contribution in [0.15, 0.2) is 60.7 Å². The van der Waals surface area contributed by atoms with E-state index < -0.39 is 11.9 Å². The highest BCUT2D eigenvalue weighted by Crippen LogP contribution is 2.26. The number of anilines is 1. The Kier molecular flexibility index (Phi) is 5.83. The normalized spacial score (nSPS) is 21.4. The minimum absolute atomic E-state index is 0.156. The van der Waals surface area contributed by atoms with Gasteiger partial charge in [0, 0.05) is 32.7 Å². The zero-order valence-electron chi connectivity index (χ0n) is 16.2. The van der Waals surface area contributed by atoms with E-state index in [1.165, 1.54) is 23.8 Å². The first-order valence-electron chi connectivity index (χ1n) is 9.92. The lowest BCUT2D eigenvalue weighted by atomic mass is 10.1. The molecule has 0 aliphatic carbocycles. The van der Waals surface area contributed by atoms with E-state index >= 15 is 0 Å². The number of benzene rings is 2. The molecule has 0 saturated carbocycles. The molecule has 2 saturated heterocycles. The topological polar surface area (TPSA) is 43.9 Å². The number of piperazine rings is 1. The molecule has 0 unspecified atom stereocenters. The third-order valence-corrected chi connectivity index (χ3v) is 5.51. The van der Waals surface area contributed by atoms with Gasteiger partial charge in [0.15, 0.2) is 0 Å². The van der Waals surface area contributed by atoms with E-state index in [1.54, 1.807) is 6.07 Å². The van der Waals surface area contributed by atoms with Gasteiger partial charge in [-0.15, -0.1) is 0 Å². The lowest BCUT2D eigenvalue weighted by molar-refractivity contribution is -0.123. The molecule has 0 N–H and O–H groups in total. The Morgan fingerprint density at radius 3 is 2.45 bits per heavy atom. The predicted octanol–water partition coefficient (Wildman–Crippen LogP) is 2.79. The third kappa shape index (κ3) is 4.44. The number of rotatable bonds is 5. The second kappa shape index (κ2) is 8.68. The van der Waals surface area contributed by atoms with Crippen molar-refractivity contribution >= 4 is 23.6 Å². The van der Waals surface area contributed by atoms with Gasteiger partial charge in [0.1, 0.15) is 5.82 Å². The lowest BCUT2D eigenvalue weighted by Gasteiger charge is -2.36. The van der Waals surface area contributed by atoms with Gasteiger partial charge >= 0.3 is 0 Å². The van der Waals surface area contributed by atoms with Crippen LogP contribution in [-0.4, -0.2) is 60.4 Å². The highest BCUT2D eigenvalue weighted by atomic mass is 19.1. The number of amides is 2. The Balaban J connectivity index is 1.32. The van der Waals surface area contributed by atoms with Gasteiger partial charge in [-0.3, -0.25) is 19.4 Å². The third-order valence-electron chi connectivity index (χ3n) is 5.51. The maximum atomic E-state index is 13.5. The Morgan fingerprint density at radius 2 is 1.72 bits per heavy atom. The van der Waals surface area contributed by atoms with Crippen LogP contribution in [0, 0.1) is 5.82 Å². The Bertz CT molecular complexity index is 907. The summed E-state index contributed by atoms with van der Waals surface area (Å²) in [6.07, 6.45) is 4.42. The van der Waals surface area contributed by atoms with Crippen molar-refractivity contribution in [2.75, 3.05) is 37.6 Å². The molecule has 4 rings (SSSR count). The summed E-state index contributed by atoms with van der Waals surface area (Å²) in [5, 5.41) is 0. The van der Waals surface area contributed by atoms with Crippen LogP contribution >= 0.6 is 0 Å². The highest BCUT2D eigenvalue weighted by molar-refractivity contribution is 6.22. The van der Waals surface area contributed by atoms with Gasteiger partial charge in [0.25, 0.3) is 5.91 Å². The zero-order valence-corrected chi connectivity index (χ0v) is 16.2. The molecule has 2 aliphatic heterocycles. The SMILES string of the molecule is O=C1C[C@@H](N2CCN(C/C=C/c3ccccc3)CC2)C(=O)N1c1cccc(F)c1. The van der Waals surface area contributed by atoms with Crippen LogP contribution in [0.2, 0.25) is 0 Å². The average molecular weight is 393 g/mol. The predicted molar refractivity (Wildman–Crippen MR) is 111 cm³/mol. The van der Waals surface area contributed by atoms with E-state index in [2.05, 4.69) is 34.1 Å². The molecule has 5 nitrogen and oxygen atoms in total. The highest BCUT2D eigenvalue weighted by Gasteiger charge is 2.43. The summed E-state index contributed by atoms with van der Waals surface area (Å²) in [6.45, 7) is 4.02. The summed E-state index contributed by atoms with van der Waals surface area (Å²) in [6, 6.07) is 15.4. The molecule has 1 atom stereocenters. The fourth-order valence-corrected chi connectivity index (χ4v) is 3.95. The summed E-state index contributed by atoms with van der Waals surface area (Å²) < 4.78 is 13.5.